The van der Waals surface area contributed by atoms with Crippen LogP contribution >= 0.6 is 11.3 Å². The molecule has 21 heavy (non-hydrogen) atoms. The van der Waals surface area contributed by atoms with Crippen LogP contribution in [-0.2, 0) is 11.3 Å². The van der Waals surface area contributed by atoms with E-state index in [4.69, 9.17) is 4.74 Å². The fourth-order valence-electron chi connectivity index (χ4n) is 2.26. The van der Waals surface area contributed by atoms with Gasteiger partial charge in [0.2, 0.25) is 0 Å². The smallest absolute Gasteiger partial charge is 0.196 e. The van der Waals surface area contributed by atoms with Gasteiger partial charge in [-0.3, -0.25) is 4.40 Å². The quantitative estimate of drug-likeness (QED) is 0.696. The lowest BCUT2D eigenvalue weighted by atomic mass is 10.4. The Bertz CT molecular complexity index is 743. The van der Waals surface area contributed by atoms with Crippen LogP contribution in [0.5, 0.6) is 0 Å². The van der Waals surface area contributed by atoms with Crippen LogP contribution in [0.4, 0.5) is 0 Å². The van der Waals surface area contributed by atoms with Gasteiger partial charge in [-0.15, -0.1) is 16.4 Å². The Kier molecular flexibility index (Phi) is 4.00. The van der Waals surface area contributed by atoms with Crippen molar-refractivity contribution >= 4 is 16.3 Å². The Labute approximate surface area is 126 Å². The molecule has 3 heterocycles. The number of fused-ring (bicyclic) bond motifs is 1. The summed E-state index contributed by atoms with van der Waals surface area (Å²) in [5.74, 6) is 2.43. The highest BCUT2D eigenvalue weighted by atomic mass is 32.1. The summed E-state index contributed by atoms with van der Waals surface area (Å²) in [5, 5.41) is 9.84. The Balaban J connectivity index is 1.97. The molecule has 8 heteroatoms. The van der Waals surface area contributed by atoms with E-state index < -0.39 is 0 Å². The van der Waals surface area contributed by atoms with Gasteiger partial charge in [-0.05, 0) is 13.8 Å². The summed E-state index contributed by atoms with van der Waals surface area (Å²) in [4.78, 5) is 10.0. The molecular formula is C13H18N6OS. The largest absolute Gasteiger partial charge is 0.383 e. The molecule has 0 saturated carbocycles. The monoisotopic (exact) mass is 306 g/mol. The Morgan fingerprint density at radius 2 is 2.19 bits per heavy atom. The molecule has 112 valence electrons. The van der Waals surface area contributed by atoms with Crippen molar-refractivity contribution in [2.24, 2.45) is 0 Å². The highest BCUT2D eigenvalue weighted by Gasteiger charge is 2.17. The third-order valence-electron chi connectivity index (χ3n) is 3.19. The molecule has 0 fully saturated rings. The summed E-state index contributed by atoms with van der Waals surface area (Å²) in [5.41, 5.74) is 1.08. The molecule has 0 radical (unpaired) electrons. The molecule has 0 atom stereocenters. The van der Waals surface area contributed by atoms with Crippen molar-refractivity contribution in [3.8, 4) is 5.82 Å². The number of ether oxygens (including phenoxy) is 1. The van der Waals surface area contributed by atoms with Crippen molar-refractivity contribution in [1.29, 1.82) is 0 Å². The van der Waals surface area contributed by atoms with E-state index in [1.54, 1.807) is 18.4 Å². The molecule has 0 aliphatic rings. The molecular weight excluding hydrogens is 288 g/mol. The second kappa shape index (κ2) is 5.92. The molecule has 0 aromatic carbocycles. The van der Waals surface area contributed by atoms with E-state index in [1.807, 2.05) is 30.1 Å². The molecule has 0 amide bonds. The highest BCUT2D eigenvalue weighted by molar-refractivity contribution is 7.15. The number of nitrogens with zero attached hydrogens (tertiary/aromatic N) is 5. The third-order valence-corrected chi connectivity index (χ3v) is 3.95. The number of rotatable bonds is 6. The average molecular weight is 306 g/mol. The van der Waals surface area contributed by atoms with Crippen molar-refractivity contribution < 1.29 is 4.74 Å². The minimum atomic E-state index is 0.683. The van der Waals surface area contributed by atoms with E-state index in [-0.39, 0.29) is 0 Å². The summed E-state index contributed by atoms with van der Waals surface area (Å²) in [7, 11) is 1.70. The second-order valence-corrected chi connectivity index (χ2v) is 5.60. The zero-order valence-electron chi connectivity index (χ0n) is 12.3. The van der Waals surface area contributed by atoms with Crippen LogP contribution in [0, 0.1) is 13.8 Å². The number of hydrogen-bond acceptors (Lipinski definition) is 6. The molecule has 1 N–H and O–H groups in total. The molecule has 0 saturated heterocycles. The van der Waals surface area contributed by atoms with E-state index in [0.29, 0.717) is 13.2 Å². The van der Waals surface area contributed by atoms with Crippen LogP contribution in [0.3, 0.4) is 0 Å². The summed E-state index contributed by atoms with van der Waals surface area (Å²) in [6.45, 7) is 6.01. The van der Waals surface area contributed by atoms with Gasteiger partial charge in [0, 0.05) is 31.8 Å². The van der Waals surface area contributed by atoms with Crippen LogP contribution in [-0.4, -0.2) is 44.4 Å². The molecule has 3 aromatic rings. The third kappa shape index (κ3) is 2.69. The molecule has 0 bridgehead atoms. The topological polar surface area (TPSA) is 69.3 Å². The predicted molar refractivity (Wildman–Crippen MR) is 81.0 cm³/mol. The van der Waals surface area contributed by atoms with Gasteiger partial charge in [0.15, 0.2) is 10.8 Å². The molecule has 7 nitrogen and oxygen atoms in total. The number of imidazole rings is 1. The molecule has 0 aliphatic carbocycles. The van der Waals surface area contributed by atoms with Gasteiger partial charge in [0.1, 0.15) is 11.6 Å². The average Bonchev–Trinajstić information content (AvgIpc) is 3.10. The SMILES string of the molecule is COCCNCc1c(-n2nc(C)nc2C)nc2sccn12. The molecule has 3 rings (SSSR count). The Morgan fingerprint density at radius 3 is 2.90 bits per heavy atom. The van der Waals surface area contributed by atoms with Crippen LogP contribution < -0.4 is 5.32 Å². The summed E-state index contributed by atoms with van der Waals surface area (Å²) in [6.07, 6.45) is 2.03. The normalized spacial score (nSPS) is 11.6. The fourth-order valence-corrected chi connectivity index (χ4v) is 2.99. The van der Waals surface area contributed by atoms with Gasteiger partial charge >= 0.3 is 0 Å². The molecule has 0 aliphatic heterocycles. The van der Waals surface area contributed by atoms with Gasteiger partial charge < -0.3 is 10.1 Å². The highest BCUT2D eigenvalue weighted by Crippen LogP contribution is 2.21. The summed E-state index contributed by atoms with van der Waals surface area (Å²) >= 11 is 1.61. The van der Waals surface area contributed by atoms with Gasteiger partial charge in [-0.2, -0.15) is 9.67 Å². The van der Waals surface area contributed by atoms with E-state index in [0.717, 1.165) is 34.7 Å². The van der Waals surface area contributed by atoms with Gasteiger partial charge in [0.25, 0.3) is 0 Å². The number of aryl methyl sites for hydroxylation is 2. The van der Waals surface area contributed by atoms with E-state index >= 15 is 0 Å². The van der Waals surface area contributed by atoms with Crippen molar-refractivity contribution in [1.82, 2.24) is 29.5 Å². The molecule has 3 aromatic heterocycles. The zero-order valence-corrected chi connectivity index (χ0v) is 13.1. The first-order valence-corrected chi connectivity index (χ1v) is 7.63. The van der Waals surface area contributed by atoms with Crippen LogP contribution in [0.15, 0.2) is 11.6 Å². The van der Waals surface area contributed by atoms with Gasteiger partial charge in [-0.25, -0.2) is 4.98 Å². The Morgan fingerprint density at radius 1 is 1.33 bits per heavy atom. The fraction of sp³-hybridized carbons (Fsp3) is 0.462. The first-order chi connectivity index (χ1) is 10.2. The maximum absolute atomic E-state index is 5.06. The van der Waals surface area contributed by atoms with Gasteiger partial charge in [0.05, 0.1) is 12.3 Å². The Hall–Kier alpha value is -1.77. The van der Waals surface area contributed by atoms with Crippen molar-refractivity contribution in [3.05, 3.63) is 28.9 Å². The zero-order chi connectivity index (χ0) is 14.8. The molecule has 0 spiro atoms. The van der Waals surface area contributed by atoms with E-state index in [1.165, 1.54) is 0 Å². The van der Waals surface area contributed by atoms with Crippen molar-refractivity contribution in [3.63, 3.8) is 0 Å². The first-order valence-electron chi connectivity index (χ1n) is 6.75. The number of aromatic nitrogens is 5. The maximum atomic E-state index is 5.06. The van der Waals surface area contributed by atoms with Crippen LogP contribution in [0.25, 0.3) is 10.8 Å². The predicted octanol–water partition coefficient (Wildman–Crippen LogP) is 1.33. The van der Waals surface area contributed by atoms with Crippen molar-refractivity contribution in [2.75, 3.05) is 20.3 Å². The first kappa shape index (κ1) is 14.2. The standard InChI is InChI=1S/C13H18N6OS/c1-9-15-10(2)19(17-9)12-11(8-14-4-6-20-3)18-5-7-21-13(18)16-12/h5,7,14H,4,6,8H2,1-3H3. The lowest BCUT2D eigenvalue weighted by molar-refractivity contribution is 0.199. The van der Waals surface area contributed by atoms with E-state index in [9.17, 15) is 0 Å². The van der Waals surface area contributed by atoms with Gasteiger partial charge in [-0.1, -0.05) is 0 Å². The van der Waals surface area contributed by atoms with Crippen LogP contribution in [0.2, 0.25) is 0 Å². The second-order valence-electron chi connectivity index (χ2n) is 4.73. The lowest BCUT2D eigenvalue weighted by Gasteiger charge is -2.06. The summed E-state index contributed by atoms with van der Waals surface area (Å²) in [6, 6.07) is 0. The van der Waals surface area contributed by atoms with E-state index in [2.05, 4.69) is 24.8 Å². The maximum Gasteiger partial charge on any atom is 0.196 e. The molecule has 0 unspecified atom stereocenters. The minimum absolute atomic E-state index is 0.683. The number of nitrogens with one attached hydrogen (secondary N) is 1. The number of methoxy groups -OCH3 is 1. The van der Waals surface area contributed by atoms with Crippen LogP contribution in [0.1, 0.15) is 17.3 Å². The lowest BCUT2D eigenvalue weighted by Crippen LogP contribution is -2.20. The number of thiazole rings is 1. The minimum Gasteiger partial charge on any atom is -0.383 e. The van der Waals surface area contributed by atoms with Crippen molar-refractivity contribution in [2.45, 2.75) is 20.4 Å². The number of hydrogen-bond donors (Lipinski definition) is 1. The summed E-state index contributed by atoms with van der Waals surface area (Å²) < 4.78 is 8.96.